The first kappa shape index (κ1) is 17.7. The molecule has 1 heterocycles. The van der Waals surface area contributed by atoms with Crippen molar-refractivity contribution in [3.05, 3.63) is 71.8 Å². The van der Waals surface area contributed by atoms with Gasteiger partial charge in [-0.25, -0.2) is 0 Å². The van der Waals surface area contributed by atoms with E-state index in [4.69, 9.17) is 0 Å². The van der Waals surface area contributed by atoms with Crippen molar-refractivity contribution in [3.63, 3.8) is 0 Å². The number of nitrogens with zero attached hydrogens (tertiary/aromatic N) is 2. The van der Waals surface area contributed by atoms with Gasteiger partial charge in [-0.3, -0.25) is 14.5 Å². The highest BCUT2D eigenvalue weighted by atomic mass is 16.2. The van der Waals surface area contributed by atoms with Crippen molar-refractivity contribution in [1.29, 1.82) is 0 Å². The van der Waals surface area contributed by atoms with Crippen molar-refractivity contribution >= 4 is 11.8 Å². The zero-order chi connectivity index (χ0) is 18.6. The normalized spacial score (nSPS) is 18.7. The highest BCUT2D eigenvalue weighted by Gasteiger charge is 2.34. The molecule has 0 bridgehead atoms. The lowest BCUT2D eigenvalue weighted by molar-refractivity contribution is -0.127. The maximum absolute atomic E-state index is 12.9. The molecule has 1 atom stereocenters. The zero-order valence-corrected chi connectivity index (χ0v) is 15.4. The van der Waals surface area contributed by atoms with E-state index in [9.17, 15) is 9.59 Å². The second kappa shape index (κ2) is 7.92. The molecule has 1 saturated carbocycles. The Labute approximate surface area is 160 Å². The number of amides is 2. The highest BCUT2D eigenvalue weighted by Crippen LogP contribution is 2.26. The Kier molecular flexibility index (Phi) is 5.21. The molecular weight excluding hydrogens is 338 g/mol. The Hall–Kier alpha value is -2.66. The summed E-state index contributed by atoms with van der Waals surface area (Å²) in [7, 11) is 0. The maximum atomic E-state index is 12.9. The lowest BCUT2D eigenvalue weighted by Gasteiger charge is -2.38. The molecule has 0 radical (unpaired) electrons. The number of piperazine rings is 1. The topological polar surface area (TPSA) is 52.7 Å². The average Bonchev–Trinajstić information content (AvgIpc) is 3.54. The molecule has 0 spiro atoms. The van der Waals surface area contributed by atoms with E-state index < -0.39 is 0 Å². The van der Waals surface area contributed by atoms with Gasteiger partial charge in [0.15, 0.2) is 0 Å². The fraction of sp³-hybridized carbons (Fsp3) is 0.364. The van der Waals surface area contributed by atoms with Crippen molar-refractivity contribution in [2.75, 3.05) is 26.2 Å². The standard InChI is InChI=1S/C22H25N3O2/c26-21(23-19-11-12-19)20(17-7-3-1-4-8-17)24-13-15-25(16-14-24)22(27)18-9-5-2-6-10-18/h1-10,19-20H,11-16H2,(H,23,26). The van der Waals surface area contributed by atoms with Gasteiger partial charge in [-0.2, -0.15) is 0 Å². The number of carbonyl (C=O) groups is 2. The molecule has 1 aliphatic heterocycles. The quantitative estimate of drug-likeness (QED) is 0.888. The van der Waals surface area contributed by atoms with E-state index in [1.807, 2.05) is 65.6 Å². The van der Waals surface area contributed by atoms with E-state index in [0.717, 1.165) is 24.0 Å². The van der Waals surface area contributed by atoms with Crippen molar-refractivity contribution in [2.24, 2.45) is 0 Å². The molecule has 27 heavy (non-hydrogen) atoms. The van der Waals surface area contributed by atoms with Crippen LogP contribution in [-0.4, -0.2) is 53.8 Å². The summed E-state index contributed by atoms with van der Waals surface area (Å²) < 4.78 is 0. The van der Waals surface area contributed by atoms with Gasteiger partial charge in [-0.05, 0) is 30.5 Å². The van der Waals surface area contributed by atoms with Crippen LogP contribution >= 0.6 is 0 Å². The van der Waals surface area contributed by atoms with Crippen LogP contribution in [0, 0.1) is 0 Å². The monoisotopic (exact) mass is 363 g/mol. The van der Waals surface area contributed by atoms with E-state index in [-0.39, 0.29) is 17.9 Å². The van der Waals surface area contributed by atoms with Crippen molar-refractivity contribution < 1.29 is 9.59 Å². The van der Waals surface area contributed by atoms with Crippen LogP contribution in [0.25, 0.3) is 0 Å². The van der Waals surface area contributed by atoms with Gasteiger partial charge in [0.05, 0.1) is 0 Å². The van der Waals surface area contributed by atoms with Crippen molar-refractivity contribution in [2.45, 2.75) is 24.9 Å². The molecular formula is C22H25N3O2. The van der Waals surface area contributed by atoms with Crippen LogP contribution in [0.3, 0.4) is 0 Å². The Balaban J connectivity index is 1.45. The molecule has 4 rings (SSSR count). The largest absolute Gasteiger partial charge is 0.352 e. The molecule has 5 heteroatoms. The molecule has 2 aliphatic rings. The van der Waals surface area contributed by atoms with E-state index in [2.05, 4.69) is 10.2 Å². The summed E-state index contributed by atoms with van der Waals surface area (Å²) in [6.45, 7) is 2.65. The summed E-state index contributed by atoms with van der Waals surface area (Å²) in [5.41, 5.74) is 1.73. The zero-order valence-electron chi connectivity index (χ0n) is 15.4. The maximum Gasteiger partial charge on any atom is 0.253 e. The number of hydrogen-bond donors (Lipinski definition) is 1. The minimum absolute atomic E-state index is 0.0638. The number of nitrogens with one attached hydrogen (secondary N) is 1. The lowest BCUT2D eigenvalue weighted by atomic mass is 10.0. The van der Waals surface area contributed by atoms with Gasteiger partial charge in [-0.15, -0.1) is 0 Å². The Morgan fingerprint density at radius 2 is 1.44 bits per heavy atom. The summed E-state index contributed by atoms with van der Waals surface area (Å²) in [6, 6.07) is 19.4. The smallest absolute Gasteiger partial charge is 0.253 e. The van der Waals surface area contributed by atoms with E-state index in [1.54, 1.807) is 0 Å². The number of benzene rings is 2. The Morgan fingerprint density at radius 3 is 2.04 bits per heavy atom. The highest BCUT2D eigenvalue weighted by molar-refractivity contribution is 5.94. The minimum atomic E-state index is -0.291. The van der Waals surface area contributed by atoms with Gasteiger partial charge in [0.1, 0.15) is 6.04 Å². The molecule has 140 valence electrons. The van der Waals surface area contributed by atoms with Crippen LogP contribution in [0.2, 0.25) is 0 Å². The molecule has 2 aromatic rings. The lowest BCUT2D eigenvalue weighted by Crippen LogP contribution is -2.52. The Morgan fingerprint density at radius 1 is 0.852 bits per heavy atom. The molecule has 2 aromatic carbocycles. The van der Waals surface area contributed by atoms with Crippen LogP contribution in [0.1, 0.15) is 34.8 Å². The first-order valence-corrected chi connectivity index (χ1v) is 9.66. The van der Waals surface area contributed by atoms with Crippen molar-refractivity contribution in [1.82, 2.24) is 15.1 Å². The summed E-state index contributed by atoms with van der Waals surface area (Å²) in [5.74, 6) is 0.139. The van der Waals surface area contributed by atoms with Gasteiger partial charge < -0.3 is 10.2 Å². The van der Waals surface area contributed by atoms with Gasteiger partial charge >= 0.3 is 0 Å². The minimum Gasteiger partial charge on any atom is -0.352 e. The molecule has 2 amide bonds. The van der Waals surface area contributed by atoms with E-state index in [1.165, 1.54) is 0 Å². The van der Waals surface area contributed by atoms with E-state index >= 15 is 0 Å². The second-order valence-corrected chi connectivity index (χ2v) is 7.29. The third-order valence-corrected chi connectivity index (χ3v) is 5.27. The third-order valence-electron chi connectivity index (χ3n) is 5.27. The molecule has 2 fully saturated rings. The summed E-state index contributed by atoms with van der Waals surface area (Å²) in [4.78, 5) is 29.6. The molecule has 1 N–H and O–H groups in total. The fourth-order valence-electron chi connectivity index (χ4n) is 3.62. The first-order chi connectivity index (χ1) is 13.2. The van der Waals surface area contributed by atoms with Crippen LogP contribution in [0.5, 0.6) is 0 Å². The first-order valence-electron chi connectivity index (χ1n) is 9.66. The SMILES string of the molecule is O=C(NC1CC1)C(c1ccccc1)N1CCN(C(=O)c2ccccc2)CC1. The molecule has 5 nitrogen and oxygen atoms in total. The average molecular weight is 363 g/mol. The van der Waals surface area contributed by atoms with Gasteiger partial charge in [0.2, 0.25) is 5.91 Å². The van der Waals surface area contributed by atoms with Gasteiger partial charge in [-0.1, -0.05) is 48.5 Å². The third kappa shape index (κ3) is 4.19. The molecule has 1 saturated heterocycles. The fourth-order valence-corrected chi connectivity index (χ4v) is 3.62. The number of carbonyl (C=O) groups excluding carboxylic acids is 2. The van der Waals surface area contributed by atoms with Crippen LogP contribution in [-0.2, 0) is 4.79 Å². The number of rotatable bonds is 5. The van der Waals surface area contributed by atoms with E-state index in [0.29, 0.717) is 32.2 Å². The van der Waals surface area contributed by atoms with Crippen LogP contribution in [0.15, 0.2) is 60.7 Å². The van der Waals surface area contributed by atoms with Crippen LogP contribution in [0.4, 0.5) is 0 Å². The summed E-state index contributed by atoms with van der Waals surface area (Å²) >= 11 is 0. The van der Waals surface area contributed by atoms with Gasteiger partial charge in [0, 0.05) is 37.8 Å². The number of hydrogen-bond acceptors (Lipinski definition) is 3. The predicted molar refractivity (Wildman–Crippen MR) is 104 cm³/mol. The van der Waals surface area contributed by atoms with Crippen molar-refractivity contribution in [3.8, 4) is 0 Å². The second-order valence-electron chi connectivity index (χ2n) is 7.29. The van der Waals surface area contributed by atoms with Crippen LogP contribution < -0.4 is 5.32 Å². The molecule has 1 aliphatic carbocycles. The Bertz CT molecular complexity index is 782. The summed E-state index contributed by atoms with van der Waals surface area (Å²) in [6.07, 6.45) is 2.15. The molecule has 1 unspecified atom stereocenters. The summed E-state index contributed by atoms with van der Waals surface area (Å²) in [5, 5.41) is 3.15. The molecule has 0 aromatic heterocycles. The van der Waals surface area contributed by atoms with Gasteiger partial charge in [0.25, 0.3) is 5.91 Å². The predicted octanol–water partition coefficient (Wildman–Crippen LogP) is 2.46.